The van der Waals surface area contributed by atoms with E-state index in [1.165, 1.54) is 5.57 Å². The van der Waals surface area contributed by atoms with Gasteiger partial charge in [-0.15, -0.1) is 0 Å². The summed E-state index contributed by atoms with van der Waals surface area (Å²) in [5.74, 6) is 0. The number of amides is 2. The highest BCUT2D eigenvalue weighted by molar-refractivity contribution is 5.75. The van der Waals surface area contributed by atoms with Gasteiger partial charge in [0.1, 0.15) is 0 Å². The Kier molecular flexibility index (Phi) is 4.60. The van der Waals surface area contributed by atoms with E-state index in [9.17, 15) is 4.79 Å². The summed E-state index contributed by atoms with van der Waals surface area (Å²) in [5.41, 5.74) is 1.28. The number of ether oxygens (including phenoxy) is 2. The van der Waals surface area contributed by atoms with E-state index in [1.54, 1.807) is 7.11 Å². The van der Waals surface area contributed by atoms with Crippen LogP contribution in [-0.4, -0.2) is 56.5 Å². The average molecular weight is 254 g/mol. The Morgan fingerprint density at radius 1 is 1.67 bits per heavy atom. The second kappa shape index (κ2) is 6.20. The molecule has 0 unspecified atom stereocenters. The lowest BCUT2D eigenvalue weighted by molar-refractivity contribution is 0.112. The highest BCUT2D eigenvalue weighted by atomic mass is 16.5. The molecule has 0 saturated carbocycles. The molecule has 2 amide bonds. The lowest BCUT2D eigenvalue weighted by Crippen LogP contribution is -2.48. The second-order valence-electron chi connectivity index (χ2n) is 4.91. The molecule has 0 aromatic rings. The van der Waals surface area contributed by atoms with Crippen LogP contribution in [0.2, 0.25) is 0 Å². The maximum atomic E-state index is 12.1. The minimum Gasteiger partial charge on any atom is -0.380 e. The lowest BCUT2D eigenvalue weighted by Gasteiger charge is -2.28. The van der Waals surface area contributed by atoms with Crippen LogP contribution in [-0.2, 0) is 9.47 Å². The van der Waals surface area contributed by atoms with E-state index in [2.05, 4.69) is 11.4 Å². The van der Waals surface area contributed by atoms with Gasteiger partial charge in [0.2, 0.25) is 0 Å². The molecule has 2 heterocycles. The average Bonchev–Trinajstić information content (AvgIpc) is 2.76. The molecule has 1 saturated heterocycles. The number of carbonyl (C=O) groups is 1. The Bertz CT molecular complexity index is 330. The smallest absolute Gasteiger partial charge is 0.317 e. The molecule has 102 valence electrons. The van der Waals surface area contributed by atoms with Gasteiger partial charge in [0, 0.05) is 26.8 Å². The van der Waals surface area contributed by atoms with Crippen LogP contribution in [0.3, 0.4) is 0 Å². The number of hydrogen-bond donors (Lipinski definition) is 1. The molecule has 0 aliphatic carbocycles. The van der Waals surface area contributed by atoms with Crippen molar-refractivity contribution < 1.29 is 14.3 Å². The van der Waals surface area contributed by atoms with Crippen LogP contribution in [0.25, 0.3) is 0 Å². The third-order valence-electron chi connectivity index (χ3n) is 3.61. The number of nitrogens with zero attached hydrogens (tertiary/aromatic N) is 1. The lowest BCUT2D eigenvalue weighted by atomic mass is 10.1. The van der Waals surface area contributed by atoms with Gasteiger partial charge >= 0.3 is 6.03 Å². The molecule has 0 spiro atoms. The molecule has 18 heavy (non-hydrogen) atoms. The monoisotopic (exact) mass is 254 g/mol. The first kappa shape index (κ1) is 13.4. The van der Waals surface area contributed by atoms with Crippen LogP contribution in [0.4, 0.5) is 4.79 Å². The molecule has 2 rings (SSSR count). The van der Waals surface area contributed by atoms with Crippen LogP contribution in [0.1, 0.15) is 19.8 Å². The zero-order chi connectivity index (χ0) is 13.0. The minimum atomic E-state index is 0.0186. The van der Waals surface area contributed by atoms with Gasteiger partial charge in [0.05, 0.1) is 18.8 Å². The third-order valence-corrected chi connectivity index (χ3v) is 3.61. The zero-order valence-electron chi connectivity index (χ0n) is 11.1. The molecule has 0 radical (unpaired) electrons. The molecule has 0 aromatic carbocycles. The fraction of sp³-hybridized carbons (Fsp3) is 0.769. The number of urea groups is 1. The van der Waals surface area contributed by atoms with Gasteiger partial charge in [-0.3, -0.25) is 0 Å². The van der Waals surface area contributed by atoms with Crippen molar-refractivity contribution >= 4 is 6.03 Å². The zero-order valence-corrected chi connectivity index (χ0v) is 11.1. The molecule has 2 aliphatic heterocycles. The summed E-state index contributed by atoms with van der Waals surface area (Å²) in [6.45, 7) is 4.85. The topological polar surface area (TPSA) is 50.8 Å². The molecular formula is C13H22N2O3. The first-order valence-electron chi connectivity index (χ1n) is 6.54. The summed E-state index contributed by atoms with van der Waals surface area (Å²) < 4.78 is 10.5. The van der Waals surface area contributed by atoms with Crippen LogP contribution in [0, 0.1) is 0 Å². The Morgan fingerprint density at radius 3 is 3.06 bits per heavy atom. The first-order valence-corrected chi connectivity index (χ1v) is 6.54. The van der Waals surface area contributed by atoms with E-state index in [0.29, 0.717) is 13.2 Å². The summed E-state index contributed by atoms with van der Waals surface area (Å²) in [6.07, 6.45) is 4.02. The SMILES string of the molecule is COCC1=CCN(C(=O)N[C@@H]2CCO[C@@H]2C)CC1. The van der Waals surface area contributed by atoms with Gasteiger partial charge in [0.15, 0.2) is 0 Å². The second-order valence-corrected chi connectivity index (χ2v) is 4.91. The molecule has 5 nitrogen and oxygen atoms in total. The standard InChI is InChI=1S/C13H22N2O3/c1-10-12(5-8-18-10)14-13(16)15-6-3-11(4-7-15)9-17-2/h3,10,12H,4-9H2,1-2H3,(H,14,16)/t10-,12-/m1/s1. The predicted octanol–water partition coefficient (Wildman–Crippen LogP) is 1.15. The largest absolute Gasteiger partial charge is 0.380 e. The summed E-state index contributed by atoms with van der Waals surface area (Å²) in [5, 5.41) is 3.05. The molecule has 0 aromatic heterocycles. The Balaban J connectivity index is 1.80. The maximum absolute atomic E-state index is 12.1. The first-order chi connectivity index (χ1) is 8.70. The van der Waals surface area contributed by atoms with Crippen molar-refractivity contribution in [2.45, 2.75) is 31.9 Å². The van der Waals surface area contributed by atoms with Crippen molar-refractivity contribution in [2.75, 3.05) is 33.4 Å². The number of methoxy groups -OCH3 is 1. The van der Waals surface area contributed by atoms with E-state index in [-0.39, 0.29) is 18.2 Å². The van der Waals surface area contributed by atoms with E-state index in [0.717, 1.165) is 26.0 Å². The van der Waals surface area contributed by atoms with E-state index in [4.69, 9.17) is 9.47 Å². The van der Waals surface area contributed by atoms with Crippen molar-refractivity contribution in [3.05, 3.63) is 11.6 Å². The molecule has 1 N–H and O–H groups in total. The van der Waals surface area contributed by atoms with Gasteiger partial charge < -0.3 is 19.7 Å². The van der Waals surface area contributed by atoms with Crippen LogP contribution < -0.4 is 5.32 Å². The van der Waals surface area contributed by atoms with Gasteiger partial charge in [-0.05, 0) is 25.3 Å². The summed E-state index contributed by atoms with van der Waals surface area (Å²) in [4.78, 5) is 13.9. The third kappa shape index (κ3) is 3.23. The fourth-order valence-electron chi connectivity index (χ4n) is 2.38. The van der Waals surface area contributed by atoms with Gasteiger partial charge in [-0.25, -0.2) is 4.79 Å². The van der Waals surface area contributed by atoms with E-state index < -0.39 is 0 Å². The quantitative estimate of drug-likeness (QED) is 0.769. The Hall–Kier alpha value is -1.07. The number of carbonyl (C=O) groups excluding carboxylic acids is 1. The highest BCUT2D eigenvalue weighted by Crippen LogP contribution is 2.15. The number of hydrogen-bond acceptors (Lipinski definition) is 3. The fourth-order valence-corrected chi connectivity index (χ4v) is 2.38. The normalized spacial score (nSPS) is 28.1. The van der Waals surface area contributed by atoms with Gasteiger partial charge in [0.25, 0.3) is 0 Å². The molecule has 5 heteroatoms. The molecule has 2 aliphatic rings. The molecule has 0 bridgehead atoms. The molecule has 2 atom stereocenters. The van der Waals surface area contributed by atoms with Crippen molar-refractivity contribution in [3.8, 4) is 0 Å². The van der Waals surface area contributed by atoms with Gasteiger partial charge in [-0.1, -0.05) is 6.08 Å². The summed E-state index contributed by atoms with van der Waals surface area (Å²) >= 11 is 0. The van der Waals surface area contributed by atoms with Crippen molar-refractivity contribution in [3.63, 3.8) is 0 Å². The summed E-state index contributed by atoms with van der Waals surface area (Å²) in [6, 6.07) is 0.173. The van der Waals surface area contributed by atoms with Crippen LogP contribution in [0.15, 0.2) is 11.6 Å². The van der Waals surface area contributed by atoms with Crippen molar-refractivity contribution in [2.24, 2.45) is 0 Å². The molecule has 1 fully saturated rings. The van der Waals surface area contributed by atoms with E-state index >= 15 is 0 Å². The Labute approximate surface area is 108 Å². The van der Waals surface area contributed by atoms with Crippen molar-refractivity contribution in [1.29, 1.82) is 0 Å². The molecular weight excluding hydrogens is 232 g/mol. The highest BCUT2D eigenvalue weighted by Gasteiger charge is 2.27. The number of nitrogens with one attached hydrogen (secondary N) is 1. The van der Waals surface area contributed by atoms with Crippen LogP contribution >= 0.6 is 0 Å². The Morgan fingerprint density at radius 2 is 2.50 bits per heavy atom. The predicted molar refractivity (Wildman–Crippen MR) is 68.5 cm³/mol. The van der Waals surface area contributed by atoms with E-state index in [1.807, 2.05) is 11.8 Å². The number of rotatable bonds is 3. The maximum Gasteiger partial charge on any atom is 0.317 e. The minimum absolute atomic E-state index is 0.0186. The van der Waals surface area contributed by atoms with Crippen molar-refractivity contribution in [1.82, 2.24) is 10.2 Å². The summed E-state index contributed by atoms with van der Waals surface area (Å²) in [7, 11) is 1.70. The van der Waals surface area contributed by atoms with Crippen LogP contribution in [0.5, 0.6) is 0 Å². The van der Waals surface area contributed by atoms with Gasteiger partial charge in [-0.2, -0.15) is 0 Å².